The monoisotopic (exact) mass is 219 g/mol. The van der Waals surface area contributed by atoms with Crippen molar-refractivity contribution >= 4 is 5.91 Å². The topological polar surface area (TPSA) is 70.9 Å². The van der Waals surface area contributed by atoms with E-state index in [2.05, 4.69) is 15.5 Å². The fourth-order valence-electron chi connectivity index (χ4n) is 1.34. The van der Waals surface area contributed by atoms with Crippen molar-refractivity contribution in [3.63, 3.8) is 0 Å². The van der Waals surface area contributed by atoms with E-state index in [1.54, 1.807) is 18.3 Å². The second-order valence-electron chi connectivity index (χ2n) is 3.38. The van der Waals surface area contributed by atoms with Gasteiger partial charge in [-0.15, -0.1) is 0 Å². The summed E-state index contributed by atoms with van der Waals surface area (Å²) in [6.45, 7) is 2.39. The lowest BCUT2D eigenvalue weighted by Crippen LogP contribution is -2.22. The Hall–Kier alpha value is -2.04. The Morgan fingerprint density at radius 1 is 1.50 bits per heavy atom. The first kappa shape index (κ1) is 10.5. The van der Waals surface area contributed by atoms with Crippen LogP contribution in [-0.4, -0.2) is 16.1 Å². The van der Waals surface area contributed by atoms with Crippen molar-refractivity contribution < 1.29 is 9.21 Å². The Balaban J connectivity index is 1.93. The molecule has 2 N–H and O–H groups in total. The maximum absolute atomic E-state index is 11.6. The molecule has 0 radical (unpaired) electrons. The smallest absolute Gasteiger partial charge is 0.287 e. The second kappa shape index (κ2) is 4.65. The summed E-state index contributed by atoms with van der Waals surface area (Å²) in [4.78, 5) is 11.6. The lowest BCUT2D eigenvalue weighted by atomic mass is 10.3. The summed E-state index contributed by atoms with van der Waals surface area (Å²) < 4.78 is 5.33. The minimum Gasteiger partial charge on any atom is -0.456 e. The molecule has 0 aromatic carbocycles. The van der Waals surface area contributed by atoms with E-state index in [1.807, 2.05) is 13.0 Å². The second-order valence-corrected chi connectivity index (χ2v) is 3.38. The van der Waals surface area contributed by atoms with E-state index in [9.17, 15) is 4.79 Å². The average Bonchev–Trinajstić information content (AvgIpc) is 2.96. The van der Waals surface area contributed by atoms with Gasteiger partial charge in [-0.05, 0) is 18.2 Å². The standard InChI is InChI=1S/C11H13N3O2/c1-2-9-3-4-10(16-9)11(15)12-7-8-5-6-13-14-8/h3-6H,2,7H2,1H3,(H,12,15)(H,13,14). The largest absolute Gasteiger partial charge is 0.456 e. The van der Waals surface area contributed by atoms with Gasteiger partial charge < -0.3 is 9.73 Å². The highest BCUT2D eigenvalue weighted by molar-refractivity contribution is 5.91. The van der Waals surface area contributed by atoms with Crippen molar-refractivity contribution in [1.82, 2.24) is 15.5 Å². The molecule has 0 bridgehead atoms. The molecule has 0 spiro atoms. The van der Waals surface area contributed by atoms with Gasteiger partial charge in [-0.3, -0.25) is 9.89 Å². The van der Waals surface area contributed by atoms with Crippen molar-refractivity contribution in [2.75, 3.05) is 0 Å². The van der Waals surface area contributed by atoms with Crippen molar-refractivity contribution in [2.24, 2.45) is 0 Å². The van der Waals surface area contributed by atoms with Crippen LogP contribution in [0, 0.1) is 0 Å². The molecule has 2 aromatic heterocycles. The number of hydrogen-bond acceptors (Lipinski definition) is 3. The zero-order valence-electron chi connectivity index (χ0n) is 8.99. The summed E-state index contributed by atoms with van der Waals surface area (Å²) in [6, 6.07) is 5.30. The first-order valence-electron chi connectivity index (χ1n) is 5.14. The molecule has 1 amide bonds. The highest BCUT2D eigenvalue weighted by Gasteiger charge is 2.10. The molecule has 0 saturated carbocycles. The Kier molecular flexibility index (Phi) is 3.05. The number of H-pyrrole nitrogens is 1. The van der Waals surface area contributed by atoms with E-state index in [0.717, 1.165) is 17.9 Å². The van der Waals surface area contributed by atoms with Gasteiger partial charge in [0.2, 0.25) is 0 Å². The minimum absolute atomic E-state index is 0.214. The SMILES string of the molecule is CCc1ccc(C(=O)NCc2ccn[nH]2)o1. The van der Waals surface area contributed by atoms with E-state index in [4.69, 9.17) is 4.42 Å². The zero-order valence-corrected chi connectivity index (χ0v) is 8.99. The van der Waals surface area contributed by atoms with E-state index in [1.165, 1.54) is 0 Å². The summed E-state index contributed by atoms with van der Waals surface area (Å²) in [5, 5.41) is 9.29. The molecule has 2 aromatic rings. The number of furan rings is 1. The normalized spacial score (nSPS) is 10.3. The Morgan fingerprint density at radius 3 is 3.00 bits per heavy atom. The molecule has 0 aliphatic rings. The Labute approximate surface area is 92.9 Å². The van der Waals surface area contributed by atoms with Crippen LogP contribution in [0.25, 0.3) is 0 Å². The van der Waals surface area contributed by atoms with Crippen LogP contribution < -0.4 is 5.32 Å². The van der Waals surface area contributed by atoms with Crippen LogP contribution in [0.2, 0.25) is 0 Å². The van der Waals surface area contributed by atoms with Gasteiger partial charge in [0, 0.05) is 12.6 Å². The van der Waals surface area contributed by atoms with Crippen molar-refractivity contribution in [3.8, 4) is 0 Å². The number of rotatable bonds is 4. The van der Waals surface area contributed by atoms with Gasteiger partial charge in [0.25, 0.3) is 5.91 Å². The number of carbonyl (C=O) groups is 1. The predicted octanol–water partition coefficient (Wildman–Crippen LogP) is 1.50. The summed E-state index contributed by atoms with van der Waals surface area (Å²) >= 11 is 0. The number of nitrogens with zero attached hydrogens (tertiary/aromatic N) is 1. The summed E-state index contributed by atoms with van der Waals surface area (Å²) in [7, 11) is 0. The highest BCUT2D eigenvalue weighted by atomic mass is 16.3. The van der Waals surface area contributed by atoms with Crippen LogP contribution in [-0.2, 0) is 13.0 Å². The molecule has 5 nitrogen and oxygen atoms in total. The van der Waals surface area contributed by atoms with E-state index >= 15 is 0 Å². The van der Waals surface area contributed by atoms with E-state index in [0.29, 0.717) is 12.3 Å². The molecule has 2 rings (SSSR count). The highest BCUT2D eigenvalue weighted by Crippen LogP contribution is 2.08. The lowest BCUT2D eigenvalue weighted by molar-refractivity contribution is 0.0921. The van der Waals surface area contributed by atoms with Crippen molar-refractivity contribution in [1.29, 1.82) is 0 Å². The van der Waals surface area contributed by atoms with Crippen LogP contribution in [0.15, 0.2) is 28.8 Å². The van der Waals surface area contributed by atoms with Crippen LogP contribution in [0.3, 0.4) is 0 Å². The van der Waals surface area contributed by atoms with E-state index < -0.39 is 0 Å². The third-order valence-electron chi connectivity index (χ3n) is 2.23. The molecule has 0 fully saturated rings. The van der Waals surface area contributed by atoms with Crippen LogP contribution >= 0.6 is 0 Å². The van der Waals surface area contributed by atoms with Gasteiger partial charge in [0.1, 0.15) is 5.76 Å². The van der Waals surface area contributed by atoms with Crippen LogP contribution in [0.1, 0.15) is 28.9 Å². The van der Waals surface area contributed by atoms with Gasteiger partial charge in [0.05, 0.1) is 12.2 Å². The number of nitrogens with one attached hydrogen (secondary N) is 2. The molecule has 0 unspecified atom stereocenters. The first-order chi connectivity index (χ1) is 7.79. The van der Waals surface area contributed by atoms with Crippen molar-refractivity contribution in [2.45, 2.75) is 19.9 Å². The Bertz CT molecular complexity index is 459. The Morgan fingerprint density at radius 2 is 2.38 bits per heavy atom. The molecular weight excluding hydrogens is 206 g/mol. The molecule has 5 heteroatoms. The zero-order chi connectivity index (χ0) is 11.4. The van der Waals surface area contributed by atoms with E-state index in [-0.39, 0.29) is 5.91 Å². The van der Waals surface area contributed by atoms with Gasteiger partial charge in [-0.25, -0.2) is 0 Å². The van der Waals surface area contributed by atoms with Gasteiger partial charge in [-0.2, -0.15) is 5.10 Å². The summed E-state index contributed by atoms with van der Waals surface area (Å²) in [5.41, 5.74) is 0.857. The van der Waals surface area contributed by atoms with Gasteiger partial charge in [-0.1, -0.05) is 6.92 Å². The molecule has 16 heavy (non-hydrogen) atoms. The third-order valence-corrected chi connectivity index (χ3v) is 2.23. The maximum Gasteiger partial charge on any atom is 0.287 e. The van der Waals surface area contributed by atoms with Crippen LogP contribution in [0.4, 0.5) is 0 Å². The maximum atomic E-state index is 11.6. The first-order valence-corrected chi connectivity index (χ1v) is 5.14. The molecule has 0 aliphatic heterocycles. The fourth-order valence-corrected chi connectivity index (χ4v) is 1.34. The molecule has 0 saturated heterocycles. The minimum atomic E-state index is -0.214. The number of amides is 1. The fraction of sp³-hybridized carbons (Fsp3) is 0.273. The summed E-state index contributed by atoms with van der Waals surface area (Å²) in [5.74, 6) is 0.942. The number of aromatic amines is 1. The van der Waals surface area contributed by atoms with Crippen molar-refractivity contribution in [3.05, 3.63) is 41.6 Å². The number of aryl methyl sites for hydroxylation is 1. The quantitative estimate of drug-likeness (QED) is 0.818. The number of aromatic nitrogens is 2. The van der Waals surface area contributed by atoms with Gasteiger partial charge in [0.15, 0.2) is 5.76 Å². The molecule has 0 aliphatic carbocycles. The van der Waals surface area contributed by atoms with Crippen LogP contribution in [0.5, 0.6) is 0 Å². The average molecular weight is 219 g/mol. The van der Waals surface area contributed by atoms with Gasteiger partial charge >= 0.3 is 0 Å². The number of hydrogen-bond donors (Lipinski definition) is 2. The molecular formula is C11H13N3O2. The third kappa shape index (κ3) is 2.31. The lowest BCUT2D eigenvalue weighted by Gasteiger charge is -2.00. The molecule has 84 valence electrons. The predicted molar refractivity (Wildman–Crippen MR) is 57.8 cm³/mol. The summed E-state index contributed by atoms with van der Waals surface area (Å²) in [6.07, 6.45) is 2.43. The number of carbonyl (C=O) groups excluding carboxylic acids is 1. The molecule has 0 atom stereocenters. The molecule has 2 heterocycles.